The van der Waals surface area contributed by atoms with Crippen molar-refractivity contribution < 1.29 is 23.5 Å². The fourth-order valence-corrected chi connectivity index (χ4v) is 2.70. The number of hydrogen-bond donors (Lipinski definition) is 1. The van der Waals surface area contributed by atoms with Crippen LogP contribution < -0.4 is 5.32 Å². The summed E-state index contributed by atoms with van der Waals surface area (Å²) in [6.45, 7) is 1.20. The number of nitrogens with one attached hydrogen (secondary N) is 1. The standard InChI is InChI=1S/C21H13N3O5/c1-12-16(19(25)24-20(26)17(12)11-23)10-15-6-7-18(29-15)13-2-4-14(5-3-13)21(27)28-9-8-22/h2-7,10H,9H2,1H3,(H,24,25,26)/b16-10-. The van der Waals surface area contributed by atoms with E-state index in [1.54, 1.807) is 48.5 Å². The van der Waals surface area contributed by atoms with E-state index in [2.05, 4.69) is 5.32 Å². The van der Waals surface area contributed by atoms with Crippen molar-refractivity contribution >= 4 is 23.9 Å². The molecule has 0 unspecified atom stereocenters. The highest BCUT2D eigenvalue weighted by atomic mass is 16.5. The van der Waals surface area contributed by atoms with Gasteiger partial charge in [0, 0.05) is 11.1 Å². The minimum Gasteiger partial charge on any atom is -0.457 e. The number of esters is 1. The van der Waals surface area contributed by atoms with Crippen molar-refractivity contribution in [3.05, 3.63) is 64.4 Å². The molecule has 1 aromatic carbocycles. The molecule has 1 aromatic heterocycles. The maximum absolute atomic E-state index is 12.1. The molecule has 2 amide bonds. The van der Waals surface area contributed by atoms with E-state index in [-0.39, 0.29) is 23.3 Å². The first-order valence-electron chi connectivity index (χ1n) is 8.37. The summed E-state index contributed by atoms with van der Waals surface area (Å²) >= 11 is 0. The van der Waals surface area contributed by atoms with Crippen LogP contribution >= 0.6 is 0 Å². The van der Waals surface area contributed by atoms with Gasteiger partial charge < -0.3 is 9.15 Å². The fraction of sp³-hybridized carbons (Fsp3) is 0.0952. The molecule has 29 heavy (non-hydrogen) atoms. The predicted molar refractivity (Wildman–Crippen MR) is 99.5 cm³/mol. The molecule has 2 aromatic rings. The van der Waals surface area contributed by atoms with E-state index < -0.39 is 17.8 Å². The largest absolute Gasteiger partial charge is 0.457 e. The Kier molecular flexibility index (Phi) is 5.38. The van der Waals surface area contributed by atoms with Crippen LogP contribution in [0.15, 0.2) is 57.5 Å². The molecule has 1 aliphatic heterocycles. The highest BCUT2D eigenvalue weighted by Crippen LogP contribution is 2.27. The van der Waals surface area contributed by atoms with Crippen LogP contribution in [-0.4, -0.2) is 24.4 Å². The lowest BCUT2D eigenvalue weighted by Gasteiger charge is -2.15. The summed E-state index contributed by atoms with van der Waals surface area (Å²) in [6, 6.07) is 13.2. The SMILES string of the molecule is CC1=C(C#N)C(=O)NC(=O)/C1=C\c1ccc(-c2ccc(C(=O)OCC#N)cc2)o1. The first kappa shape index (κ1) is 19.3. The van der Waals surface area contributed by atoms with Crippen LogP contribution in [0.5, 0.6) is 0 Å². The maximum Gasteiger partial charge on any atom is 0.339 e. The highest BCUT2D eigenvalue weighted by Gasteiger charge is 2.27. The van der Waals surface area contributed by atoms with Crippen molar-refractivity contribution in [2.75, 3.05) is 6.61 Å². The average molecular weight is 387 g/mol. The van der Waals surface area contributed by atoms with Gasteiger partial charge in [0.15, 0.2) is 6.61 Å². The lowest BCUT2D eigenvalue weighted by atomic mass is 9.96. The summed E-state index contributed by atoms with van der Waals surface area (Å²) in [6.07, 6.45) is 1.45. The number of rotatable bonds is 4. The molecule has 0 saturated carbocycles. The van der Waals surface area contributed by atoms with E-state index in [4.69, 9.17) is 19.7 Å². The lowest BCUT2D eigenvalue weighted by Crippen LogP contribution is -2.37. The third kappa shape index (κ3) is 3.97. The van der Waals surface area contributed by atoms with E-state index >= 15 is 0 Å². The monoisotopic (exact) mass is 387 g/mol. The summed E-state index contributed by atoms with van der Waals surface area (Å²) in [7, 11) is 0. The molecule has 0 fully saturated rings. The molecule has 142 valence electrons. The zero-order valence-corrected chi connectivity index (χ0v) is 15.2. The van der Waals surface area contributed by atoms with Crippen LogP contribution in [0.25, 0.3) is 17.4 Å². The molecule has 0 saturated heterocycles. The van der Waals surface area contributed by atoms with Crippen LogP contribution in [0.4, 0.5) is 0 Å². The molecule has 8 heteroatoms. The van der Waals surface area contributed by atoms with Crippen LogP contribution in [0.1, 0.15) is 23.0 Å². The quantitative estimate of drug-likeness (QED) is 0.484. The second-order valence-electron chi connectivity index (χ2n) is 5.97. The topological polar surface area (TPSA) is 133 Å². The smallest absolute Gasteiger partial charge is 0.339 e. The van der Waals surface area contributed by atoms with Crippen molar-refractivity contribution in [2.24, 2.45) is 0 Å². The summed E-state index contributed by atoms with van der Waals surface area (Å²) in [5, 5.41) is 19.6. The van der Waals surface area contributed by atoms with Gasteiger partial charge in [-0.3, -0.25) is 14.9 Å². The third-order valence-electron chi connectivity index (χ3n) is 4.18. The number of carbonyl (C=O) groups is 3. The molecule has 1 N–H and O–H groups in total. The molecule has 0 bridgehead atoms. The number of nitriles is 2. The van der Waals surface area contributed by atoms with E-state index in [1.165, 1.54) is 13.0 Å². The minimum absolute atomic E-state index is 0.124. The molecule has 0 spiro atoms. The molecule has 8 nitrogen and oxygen atoms in total. The fourth-order valence-electron chi connectivity index (χ4n) is 2.70. The summed E-state index contributed by atoms with van der Waals surface area (Å²) in [4.78, 5) is 35.5. The number of imide groups is 1. The van der Waals surface area contributed by atoms with Gasteiger partial charge in [-0.15, -0.1) is 0 Å². The van der Waals surface area contributed by atoms with Crippen LogP contribution in [0.2, 0.25) is 0 Å². The van der Waals surface area contributed by atoms with Crippen LogP contribution in [0.3, 0.4) is 0 Å². The van der Waals surface area contributed by atoms with Crippen molar-refractivity contribution in [3.63, 3.8) is 0 Å². The number of ether oxygens (including phenoxy) is 1. The van der Waals surface area contributed by atoms with E-state index in [0.717, 1.165) is 0 Å². The van der Waals surface area contributed by atoms with Gasteiger partial charge in [0.25, 0.3) is 11.8 Å². The Labute approximate surface area is 165 Å². The summed E-state index contributed by atoms with van der Waals surface area (Å²) in [5.41, 5.74) is 1.30. The van der Waals surface area contributed by atoms with Crippen LogP contribution in [0, 0.1) is 22.7 Å². The Morgan fingerprint density at radius 3 is 2.52 bits per heavy atom. The third-order valence-corrected chi connectivity index (χ3v) is 4.18. The molecule has 2 heterocycles. The Bertz CT molecular complexity index is 1150. The maximum atomic E-state index is 12.1. The number of carbonyl (C=O) groups excluding carboxylic acids is 3. The van der Waals surface area contributed by atoms with Crippen molar-refractivity contribution in [1.82, 2.24) is 5.32 Å². The zero-order valence-electron chi connectivity index (χ0n) is 15.2. The highest BCUT2D eigenvalue weighted by molar-refractivity contribution is 6.19. The first-order valence-corrected chi connectivity index (χ1v) is 8.37. The second kappa shape index (κ2) is 8.07. The molecular weight excluding hydrogens is 374 g/mol. The Balaban J connectivity index is 1.85. The normalized spacial score (nSPS) is 14.9. The number of nitrogens with zero attached hydrogens (tertiary/aromatic N) is 2. The van der Waals surface area contributed by atoms with Gasteiger partial charge in [0.05, 0.1) is 5.56 Å². The minimum atomic E-state index is -0.722. The van der Waals surface area contributed by atoms with Gasteiger partial charge in [0.1, 0.15) is 29.2 Å². The number of amides is 2. The van der Waals surface area contributed by atoms with Crippen molar-refractivity contribution in [1.29, 1.82) is 10.5 Å². The summed E-state index contributed by atoms with van der Waals surface area (Å²) in [5.74, 6) is -1.08. The van der Waals surface area contributed by atoms with Gasteiger partial charge in [0.2, 0.25) is 0 Å². The van der Waals surface area contributed by atoms with Crippen molar-refractivity contribution in [3.8, 4) is 23.5 Å². The number of hydrogen-bond acceptors (Lipinski definition) is 7. The Hall–Kier alpha value is -4.43. The van der Waals surface area contributed by atoms with Gasteiger partial charge >= 0.3 is 5.97 Å². The van der Waals surface area contributed by atoms with Crippen LogP contribution in [-0.2, 0) is 14.3 Å². The van der Waals surface area contributed by atoms with Crippen molar-refractivity contribution in [2.45, 2.75) is 6.92 Å². The van der Waals surface area contributed by atoms with E-state index in [9.17, 15) is 14.4 Å². The number of furan rings is 1. The molecule has 3 rings (SSSR count). The Morgan fingerprint density at radius 1 is 1.14 bits per heavy atom. The van der Waals surface area contributed by atoms with E-state index in [0.29, 0.717) is 22.6 Å². The average Bonchev–Trinajstić information content (AvgIpc) is 3.18. The van der Waals surface area contributed by atoms with Gasteiger partial charge in [-0.25, -0.2) is 4.79 Å². The molecule has 1 aliphatic rings. The molecule has 0 aliphatic carbocycles. The predicted octanol–water partition coefficient (Wildman–Crippen LogP) is 2.51. The molecule has 0 radical (unpaired) electrons. The zero-order chi connectivity index (χ0) is 21.0. The second-order valence-corrected chi connectivity index (χ2v) is 5.97. The lowest BCUT2D eigenvalue weighted by molar-refractivity contribution is -0.126. The van der Waals surface area contributed by atoms with Gasteiger partial charge in [-0.1, -0.05) is 12.1 Å². The molecular formula is C21H13N3O5. The van der Waals surface area contributed by atoms with Gasteiger partial charge in [-0.2, -0.15) is 10.5 Å². The first-order chi connectivity index (χ1) is 13.9. The molecule has 0 atom stereocenters. The van der Waals surface area contributed by atoms with Gasteiger partial charge in [-0.05, 0) is 42.8 Å². The summed E-state index contributed by atoms with van der Waals surface area (Å²) < 4.78 is 10.5. The number of benzene rings is 1. The van der Waals surface area contributed by atoms with E-state index in [1.807, 2.05) is 0 Å². The Morgan fingerprint density at radius 2 is 1.86 bits per heavy atom.